The van der Waals surface area contributed by atoms with Gasteiger partial charge < -0.3 is 0 Å². The van der Waals surface area contributed by atoms with E-state index in [4.69, 9.17) is 0 Å². The number of aryl methyl sites for hydroxylation is 1. The molecule has 0 aromatic heterocycles. The van der Waals surface area contributed by atoms with Gasteiger partial charge in [-0.25, -0.2) is 0 Å². The van der Waals surface area contributed by atoms with E-state index in [9.17, 15) is 0 Å². The Labute approximate surface area is 137 Å². The molecule has 22 heavy (non-hydrogen) atoms. The quantitative estimate of drug-likeness (QED) is 0.440. The number of hydrogen-bond acceptors (Lipinski definition) is 0. The van der Waals surface area contributed by atoms with Crippen LogP contribution in [0.4, 0.5) is 0 Å². The molecule has 0 amide bonds. The van der Waals surface area contributed by atoms with Gasteiger partial charge in [0.25, 0.3) is 0 Å². The summed E-state index contributed by atoms with van der Waals surface area (Å²) in [5.74, 6) is 0. The second-order valence-electron chi connectivity index (χ2n) is 5.50. The van der Waals surface area contributed by atoms with Crippen molar-refractivity contribution in [1.82, 2.24) is 0 Å². The third-order valence-corrected chi connectivity index (χ3v) is 4.26. The molecular weight excluding hydrogens is 283 g/mol. The van der Waals surface area contributed by atoms with Gasteiger partial charge in [0, 0.05) is 5.41 Å². The molecule has 0 saturated carbocycles. The zero-order valence-electron chi connectivity index (χ0n) is 14.2. The van der Waals surface area contributed by atoms with Gasteiger partial charge in [-0.2, -0.15) is 0 Å². The maximum atomic E-state index is 3.54. The van der Waals surface area contributed by atoms with Crippen molar-refractivity contribution in [3.63, 3.8) is 0 Å². The fraction of sp³-hybridized carbons (Fsp3) is 0.286. The van der Waals surface area contributed by atoms with Gasteiger partial charge in [0.05, 0.1) is 0 Å². The number of hydrogen-bond donors (Lipinski definition) is 0. The van der Waals surface area contributed by atoms with Crippen LogP contribution in [0.15, 0.2) is 66.2 Å². The normalized spacial score (nSPS) is 13.4. The summed E-state index contributed by atoms with van der Waals surface area (Å²) < 4.78 is 0. The van der Waals surface area contributed by atoms with Crippen molar-refractivity contribution in [1.29, 1.82) is 0 Å². The van der Waals surface area contributed by atoms with Crippen LogP contribution in [0.1, 0.15) is 44.4 Å². The topological polar surface area (TPSA) is 0 Å². The number of allylic oxidation sites excluding steroid dienone is 2. The molecule has 0 aliphatic carbocycles. The van der Waals surface area contributed by atoms with Crippen LogP contribution in [0.2, 0.25) is 0 Å². The first-order valence-corrected chi connectivity index (χ1v) is 8.02. The summed E-state index contributed by atoms with van der Waals surface area (Å²) >= 11 is 0. The van der Waals surface area contributed by atoms with Crippen LogP contribution >= 0.6 is 8.70 Å². The van der Waals surface area contributed by atoms with Crippen molar-refractivity contribution in [2.75, 3.05) is 0 Å². The Balaban J connectivity index is 0.000000745. The Morgan fingerprint density at radius 3 is 2.05 bits per heavy atom. The van der Waals surface area contributed by atoms with Crippen molar-refractivity contribution in [2.24, 2.45) is 0 Å². The third kappa shape index (κ3) is 3.98. The molecule has 0 fully saturated rings. The molecule has 0 aliphatic rings. The van der Waals surface area contributed by atoms with E-state index in [0.29, 0.717) is 0 Å². The molecule has 0 saturated heterocycles. The minimum absolute atomic E-state index is 0.0542. The van der Waals surface area contributed by atoms with E-state index in [-0.39, 0.29) is 5.41 Å². The van der Waals surface area contributed by atoms with Gasteiger partial charge in [-0.3, -0.25) is 0 Å². The van der Waals surface area contributed by atoms with E-state index in [1.54, 1.807) is 6.92 Å². The molecular formula is C21H25P. The fourth-order valence-corrected chi connectivity index (χ4v) is 2.79. The third-order valence-electron chi connectivity index (χ3n) is 4.26. The number of benzene rings is 2. The summed E-state index contributed by atoms with van der Waals surface area (Å²) in [6, 6.07) is 19.4. The molecule has 0 heterocycles. The average Bonchev–Trinajstić information content (AvgIpc) is 2.55. The van der Waals surface area contributed by atoms with E-state index in [1.807, 2.05) is 0 Å². The van der Waals surface area contributed by atoms with E-state index in [2.05, 4.69) is 103 Å². The predicted molar refractivity (Wildman–Crippen MR) is 100.0 cm³/mol. The molecule has 1 heteroatoms. The summed E-state index contributed by atoms with van der Waals surface area (Å²) in [5, 5.41) is 0. The van der Waals surface area contributed by atoms with Crippen molar-refractivity contribution < 1.29 is 0 Å². The van der Waals surface area contributed by atoms with Crippen LogP contribution in [0.25, 0.3) is 0 Å². The van der Waals surface area contributed by atoms with Crippen molar-refractivity contribution >= 4 is 8.70 Å². The molecule has 1 atom stereocenters. The van der Waals surface area contributed by atoms with Crippen LogP contribution in [-0.4, -0.2) is 0 Å². The van der Waals surface area contributed by atoms with E-state index < -0.39 is 0 Å². The molecule has 0 aliphatic heterocycles. The van der Waals surface area contributed by atoms with Gasteiger partial charge in [-0.05, 0) is 44.4 Å². The van der Waals surface area contributed by atoms with Crippen LogP contribution in [0.3, 0.4) is 0 Å². The molecule has 0 radical (unpaired) electrons. The Bertz CT molecular complexity index is 662. The van der Waals surface area contributed by atoms with Gasteiger partial charge >= 0.3 is 21.2 Å². The molecule has 1 unspecified atom stereocenters. The Morgan fingerprint density at radius 2 is 1.55 bits per heavy atom. The molecule has 114 valence electrons. The minimum atomic E-state index is -0.0542. The monoisotopic (exact) mass is 308 g/mol. The first-order valence-electron chi connectivity index (χ1n) is 7.58. The summed E-state index contributed by atoms with van der Waals surface area (Å²) in [6.45, 7) is 10.6. The zero-order valence-corrected chi connectivity index (χ0v) is 15.1. The number of rotatable bonds is 3. The van der Waals surface area contributed by atoms with Crippen molar-refractivity contribution in [2.45, 2.75) is 40.0 Å². The standard InChI is InChI=1S/C19H22.C2H3P/c1-5-16(3)19(4,17-12-7-6-8-13-17)18-14-10-9-11-15(18)2;1-2-3/h5-14H,1-4H3;1H3/b16-5+;. The second kappa shape index (κ2) is 8.74. The summed E-state index contributed by atoms with van der Waals surface area (Å²) in [6.07, 6.45) is 2.22. The summed E-state index contributed by atoms with van der Waals surface area (Å²) in [5.41, 5.74) is 7.85. The maximum absolute atomic E-state index is 3.54. The van der Waals surface area contributed by atoms with E-state index >= 15 is 0 Å². The molecule has 0 bridgehead atoms. The molecule has 2 aromatic rings. The summed E-state index contributed by atoms with van der Waals surface area (Å²) in [4.78, 5) is 0. The first kappa shape index (κ1) is 18.4. The molecule has 0 nitrogen and oxygen atoms in total. The van der Waals surface area contributed by atoms with Gasteiger partial charge in [0.15, 0.2) is 0 Å². The summed E-state index contributed by atoms with van der Waals surface area (Å²) in [7, 11) is 3.54. The van der Waals surface area contributed by atoms with Gasteiger partial charge in [0.2, 0.25) is 0 Å². The van der Waals surface area contributed by atoms with Crippen molar-refractivity contribution in [3.8, 4) is 5.63 Å². The van der Waals surface area contributed by atoms with Crippen LogP contribution in [-0.2, 0) is 5.41 Å². The van der Waals surface area contributed by atoms with Crippen LogP contribution in [0, 0.1) is 12.6 Å². The van der Waals surface area contributed by atoms with Gasteiger partial charge in [0.1, 0.15) is 0 Å². The molecule has 2 rings (SSSR count). The first-order chi connectivity index (χ1) is 10.5. The zero-order chi connectivity index (χ0) is 16.6. The van der Waals surface area contributed by atoms with E-state index in [1.165, 1.54) is 22.3 Å². The van der Waals surface area contributed by atoms with Crippen LogP contribution < -0.4 is 0 Å². The molecule has 2 aromatic carbocycles. The average molecular weight is 308 g/mol. The molecule has 0 spiro atoms. The Hall–Kier alpha value is -1.61. The SMILES string of the molecule is C/C=C(\C)C(C)(c1ccccc1)c1ccccc1C.CC#P. The second-order valence-corrected chi connectivity index (χ2v) is 5.95. The van der Waals surface area contributed by atoms with Gasteiger partial charge in [-0.1, -0.05) is 66.2 Å². The van der Waals surface area contributed by atoms with Crippen LogP contribution in [0.5, 0.6) is 0 Å². The Morgan fingerprint density at radius 1 is 1.05 bits per heavy atom. The van der Waals surface area contributed by atoms with Gasteiger partial charge in [-0.15, -0.1) is 0 Å². The molecule has 0 N–H and O–H groups in total. The fourth-order valence-electron chi connectivity index (χ4n) is 2.79. The van der Waals surface area contributed by atoms with Crippen molar-refractivity contribution in [3.05, 3.63) is 82.9 Å². The van der Waals surface area contributed by atoms with E-state index in [0.717, 1.165) is 0 Å². The Kier molecular flexibility index (Phi) is 7.33. The predicted octanol–water partition coefficient (Wildman–Crippen LogP) is 6.64.